The first-order chi connectivity index (χ1) is 10.2. The number of hydrogen-bond acceptors (Lipinski definition) is 5. The van der Waals surface area contributed by atoms with Gasteiger partial charge in [0, 0.05) is 5.56 Å². The second-order valence-corrected chi connectivity index (χ2v) is 4.58. The SMILES string of the molecule is CCCCOc1ccc(-c2nnn(CCC(=O)O)n2)cc1. The molecule has 0 amide bonds. The van der Waals surface area contributed by atoms with E-state index in [0.29, 0.717) is 12.4 Å². The van der Waals surface area contributed by atoms with Gasteiger partial charge in [0.2, 0.25) is 5.82 Å². The third-order valence-corrected chi connectivity index (χ3v) is 2.86. The van der Waals surface area contributed by atoms with E-state index in [4.69, 9.17) is 9.84 Å². The molecule has 2 rings (SSSR count). The second-order valence-electron chi connectivity index (χ2n) is 4.58. The topological polar surface area (TPSA) is 90.1 Å². The van der Waals surface area contributed by atoms with Crippen molar-refractivity contribution in [2.24, 2.45) is 0 Å². The number of rotatable bonds is 8. The van der Waals surface area contributed by atoms with E-state index in [0.717, 1.165) is 24.2 Å². The van der Waals surface area contributed by atoms with Crippen LogP contribution < -0.4 is 4.74 Å². The number of carboxylic acid groups (broad SMARTS) is 1. The van der Waals surface area contributed by atoms with Crippen LogP contribution in [0.25, 0.3) is 11.4 Å². The predicted octanol–water partition coefficient (Wildman–Crippen LogP) is 1.99. The molecule has 0 aliphatic carbocycles. The molecular formula is C14H18N4O3. The monoisotopic (exact) mass is 290 g/mol. The molecule has 1 aromatic carbocycles. The Morgan fingerprint density at radius 3 is 2.76 bits per heavy atom. The van der Waals surface area contributed by atoms with Crippen LogP contribution in [0.5, 0.6) is 5.75 Å². The summed E-state index contributed by atoms with van der Waals surface area (Å²) in [4.78, 5) is 11.8. The Hall–Kier alpha value is -2.44. The molecule has 7 nitrogen and oxygen atoms in total. The lowest BCUT2D eigenvalue weighted by molar-refractivity contribution is -0.137. The van der Waals surface area contributed by atoms with Crippen LogP contribution in [0.2, 0.25) is 0 Å². The number of carbonyl (C=O) groups is 1. The summed E-state index contributed by atoms with van der Waals surface area (Å²) in [5.41, 5.74) is 0.819. The molecule has 7 heteroatoms. The first-order valence-electron chi connectivity index (χ1n) is 6.92. The van der Waals surface area contributed by atoms with Crippen LogP contribution in [-0.2, 0) is 11.3 Å². The van der Waals surface area contributed by atoms with Gasteiger partial charge in [-0.2, -0.15) is 4.80 Å². The highest BCUT2D eigenvalue weighted by atomic mass is 16.5. The summed E-state index contributed by atoms with van der Waals surface area (Å²) < 4.78 is 5.58. The average Bonchev–Trinajstić information content (AvgIpc) is 2.95. The van der Waals surface area contributed by atoms with E-state index in [2.05, 4.69) is 22.3 Å². The molecule has 0 radical (unpaired) electrons. The number of ether oxygens (including phenoxy) is 1. The van der Waals surface area contributed by atoms with Gasteiger partial charge >= 0.3 is 5.97 Å². The molecule has 0 bridgehead atoms. The summed E-state index contributed by atoms with van der Waals surface area (Å²) in [5.74, 6) is 0.397. The molecule has 21 heavy (non-hydrogen) atoms. The first kappa shape index (κ1) is 15.0. The maximum atomic E-state index is 10.5. The lowest BCUT2D eigenvalue weighted by Gasteiger charge is -2.05. The molecule has 1 heterocycles. The van der Waals surface area contributed by atoms with E-state index >= 15 is 0 Å². The van der Waals surface area contributed by atoms with E-state index in [1.807, 2.05) is 24.3 Å². The molecule has 0 spiro atoms. The average molecular weight is 290 g/mol. The Morgan fingerprint density at radius 1 is 1.33 bits per heavy atom. The van der Waals surface area contributed by atoms with Crippen molar-refractivity contribution in [2.45, 2.75) is 32.7 Å². The van der Waals surface area contributed by atoms with Gasteiger partial charge in [0.05, 0.1) is 19.6 Å². The number of nitrogens with zero attached hydrogens (tertiary/aromatic N) is 4. The number of aliphatic carboxylic acids is 1. The minimum Gasteiger partial charge on any atom is -0.494 e. The van der Waals surface area contributed by atoms with Gasteiger partial charge in [-0.3, -0.25) is 4.79 Å². The predicted molar refractivity (Wildman–Crippen MR) is 75.9 cm³/mol. The van der Waals surface area contributed by atoms with E-state index in [-0.39, 0.29) is 13.0 Å². The molecule has 0 atom stereocenters. The molecule has 0 unspecified atom stereocenters. The largest absolute Gasteiger partial charge is 0.494 e. The summed E-state index contributed by atoms with van der Waals surface area (Å²) in [5, 5.41) is 20.5. The standard InChI is InChI=1S/C14H18N4O3/c1-2-3-10-21-12-6-4-11(5-7-12)14-15-17-18(16-14)9-8-13(19)20/h4-7H,2-3,8-10H2,1H3,(H,19,20). The molecule has 1 N–H and O–H groups in total. The lowest BCUT2D eigenvalue weighted by Crippen LogP contribution is -2.07. The Morgan fingerprint density at radius 2 is 2.10 bits per heavy atom. The minimum absolute atomic E-state index is 0.0278. The minimum atomic E-state index is -0.887. The molecule has 2 aromatic rings. The summed E-state index contributed by atoms with van der Waals surface area (Å²) in [6, 6.07) is 7.45. The van der Waals surface area contributed by atoms with Crippen molar-refractivity contribution in [3.8, 4) is 17.1 Å². The fourth-order valence-corrected chi connectivity index (χ4v) is 1.68. The van der Waals surface area contributed by atoms with Gasteiger partial charge in [0.1, 0.15) is 5.75 Å². The molecule has 112 valence electrons. The number of aromatic nitrogens is 4. The molecule has 0 aliphatic heterocycles. The summed E-state index contributed by atoms with van der Waals surface area (Å²) in [6.45, 7) is 3.03. The van der Waals surface area contributed by atoms with Crippen LogP contribution >= 0.6 is 0 Å². The quantitative estimate of drug-likeness (QED) is 0.748. The van der Waals surface area contributed by atoms with E-state index in [1.54, 1.807) is 0 Å². The zero-order valence-electron chi connectivity index (χ0n) is 11.9. The molecule has 0 aliphatic rings. The summed E-state index contributed by atoms with van der Waals surface area (Å²) >= 11 is 0. The third-order valence-electron chi connectivity index (χ3n) is 2.86. The van der Waals surface area contributed by atoms with E-state index in [9.17, 15) is 4.79 Å². The van der Waals surface area contributed by atoms with Crippen LogP contribution in [0.3, 0.4) is 0 Å². The molecule has 0 fully saturated rings. The van der Waals surface area contributed by atoms with Gasteiger partial charge < -0.3 is 9.84 Å². The van der Waals surface area contributed by atoms with Crippen LogP contribution in [-0.4, -0.2) is 37.9 Å². The van der Waals surface area contributed by atoms with Gasteiger partial charge in [-0.05, 0) is 35.9 Å². The Balaban J connectivity index is 1.96. The van der Waals surface area contributed by atoms with Crippen molar-refractivity contribution < 1.29 is 14.6 Å². The van der Waals surface area contributed by atoms with Gasteiger partial charge in [0.15, 0.2) is 0 Å². The summed E-state index contributed by atoms with van der Waals surface area (Å²) in [6.07, 6.45) is 2.10. The van der Waals surface area contributed by atoms with Crippen LogP contribution in [0.4, 0.5) is 0 Å². The van der Waals surface area contributed by atoms with Gasteiger partial charge in [-0.25, -0.2) is 0 Å². The fourth-order valence-electron chi connectivity index (χ4n) is 1.68. The number of unbranched alkanes of at least 4 members (excludes halogenated alkanes) is 1. The fraction of sp³-hybridized carbons (Fsp3) is 0.429. The zero-order valence-corrected chi connectivity index (χ0v) is 11.9. The lowest BCUT2D eigenvalue weighted by atomic mass is 10.2. The first-order valence-corrected chi connectivity index (χ1v) is 6.92. The maximum Gasteiger partial charge on any atom is 0.305 e. The Labute approximate surface area is 122 Å². The zero-order chi connectivity index (χ0) is 15.1. The van der Waals surface area contributed by atoms with Crippen molar-refractivity contribution in [2.75, 3.05) is 6.61 Å². The third kappa shape index (κ3) is 4.55. The highest BCUT2D eigenvalue weighted by Crippen LogP contribution is 2.18. The number of benzene rings is 1. The van der Waals surface area contributed by atoms with Crippen molar-refractivity contribution in [3.05, 3.63) is 24.3 Å². The van der Waals surface area contributed by atoms with Gasteiger partial charge in [-0.1, -0.05) is 13.3 Å². The summed E-state index contributed by atoms with van der Waals surface area (Å²) in [7, 11) is 0. The van der Waals surface area contributed by atoms with Gasteiger partial charge in [0.25, 0.3) is 0 Å². The molecule has 0 saturated carbocycles. The van der Waals surface area contributed by atoms with Crippen molar-refractivity contribution >= 4 is 5.97 Å². The smallest absolute Gasteiger partial charge is 0.305 e. The molecule has 0 saturated heterocycles. The van der Waals surface area contributed by atoms with Crippen molar-refractivity contribution in [1.82, 2.24) is 20.2 Å². The second kappa shape index (κ2) is 7.37. The van der Waals surface area contributed by atoms with Crippen LogP contribution in [0.1, 0.15) is 26.2 Å². The molecular weight excluding hydrogens is 272 g/mol. The van der Waals surface area contributed by atoms with Crippen molar-refractivity contribution in [1.29, 1.82) is 0 Å². The Bertz CT molecular complexity index is 580. The van der Waals surface area contributed by atoms with Crippen molar-refractivity contribution in [3.63, 3.8) is 0 Å². The van der Waals surface area contributed by atoms with E-state index in [1.165, 1.54) is 4.80 Å². The normalized spacial score (nSPS) is 10.5. The highest BCUT2D eigenvalue weighted by molar-refractivity contribution is 5.66. The molecule has 1 aromatic heterocycles. The van der Waals surface area contributed by atoms with Crippen LogP contribution in [0.15, 0.2) is 24.3 Å². The van der Waals surface area contributed by atoms with E-state index < -0.39 is 5.97 Å². The number of hydrogen-bond donors (Lipinski definition) is 1. The maximum absolute atomic E-state index is 10.5. The van der Waals surface area contributed by atoms with Gasteiger partial charge in [-0.15, -0.1) is 10.2 Å². The number of tetrazole rings is 1. The Kier molecular flexibility index (Phi) is 5.25. The highest BCUT2D eigenvalue weighted by Gasteiger charge is 2.07. The number of aryl methyl sites for hydroxylation is 1. The van der Waals surface area contributed by atoms with Crippen LogP contribution in [0, 0.1) is 0 Å². The number of carboxylic acids is 1.